The van der Waals surface area contributed by atoms with Crippen LogP contribution in [0, 0.1) is 11.8 Å². The zero-order valence-corrected chi connectivity index (χ0v) is 13.9. The summed E-state index contributed by atoms with van der Waals surface area (Å²) in [5, 5.41) is 0. The van der Waals surface area contributed by atoms with Crippen LogP contribution >= 0.6 is 0 Å². The van der Waals surface area contributed by atoms with E-state index in [1.165, 1.54) is 0 Å². The molecule has 1 saturated heterocycles. The van der Waals surface area contributed by atoms with Crippen molar-refractivity contribution in [1.82, 2.24) is 4.90 Å². The van der Waals surface area contributed by atoms with Gasteiger partial charge in [-0.05, 0) is 31.2 Å². The van der Waals surface area contributed by atoms with Gasteiger partial charge in [0.15, 0.2) is 0 Å². The van der Waals surface area contributed by atoms with Gasteiger partial charge in [0.05, 0.1) is 6.61 Å². The van der Waals surface area contributed by atoms with E-state index in [0.29, 0.717) is 32.2 Å². The van der Waals surface area contributed by atoms with E-state index >= 15 is 0 Å². The topological polar surface area (TPSA) is 63.7 Å². The predicted octanol–water partition coefficient (Wildman–Crippen LogP) is 2.34. The second-order valence-electron chi connectivity index (χ2n) is 6.60. The molecule has 1 saturated carbocycles. The lowest BCUT2D eigenvalue weighted by molar-refractivity contribution is -0.165. The lowest BCUT2D eigenvalue weighted by atomic mass is 9.72. The second kappa shape index (κ2) is 7.16. The number of amides is 1. The summed E-state index contributed by atoms with van der Waals surface area (Å²) in [4.78, 5) is 38.8. The monoisotopic (exact) mass is 329 g/mol. The highest BCUT2D eigenvalue weighted by molar-refractivity contribution is 5.90. The van der Waals surface area contributed by atoms with Crippen molar-refractivity contribution in [1.29, 1.82) is 0 Å². The van der Waals surface area contributed by atoms with Crippen molar-refractivity contribution in [3.63, 3.8) is 0 Å². The minimum atomic E-state index is -0.593. The molecule has 3 rings (SSSR count). The van der Waals surface area contributed by atoms with E-state index in [2.05, 4.69) is 0 Å². The Morgan fingerprint density at radius 1 is 1.25 bits per heavy atom. The molecule has 0 N–H and O–H groups in total. The van der Waals surface area contributed by atoms with Gasteiger partial charge in [-0.3, -0.25) is 9.59 Å². The van der Waals surface area contributed by atoms with Gasteiger partial charge in [0.25, 0.3) is 0 Å². The number of nitrogens with zero attached hydrogens (tertiary/aromatic N) is 1. The first-order valence-corrected chi connectivity index (χ1v) is 8.63. The van der Waals surface area contributed by atoms with E-state index in [9.17, 15) is 14.4 Å². The molecule has 0 unspecified atom stereocenters. The summed E-state index contributed by atoms with van der Waals surface area (Å²) in [5.74, 6) is -0.348. The maximum atomic E-state index is 13.0. The van der Waals surface area contributed by atoms with E-state index in [1.54, 1.807) is 11.8 Å². The molecule has 5 nitrogen and oxygen atoms in total. The Bertz CT molecular complexity index is 628. The molecule has 1 amide bonds. The van der Waals surface area contributed by atoms with E-state index in [1.807, 2.05) is 30.3 Å². The SMILES string of the molecule is CCOC(=O)[C@@H]1C[C@H]2CC(=O)CC[C@H]2C(=O)N1Cc1ccccc1. The van der Waals surface area contributed by atoms with Crippen molar-refractivity contribution in [2.75, 3.05) is 6.61 Å². The number of hydrogen-bond acceptors (Lipinski definition) is 4. The van der Waals surface area contributed by atoms with Crippen LogP contribution in [0.3, 0.4) is 0 Å². The highest BCUT2D eigenvalue weighted by Gasteiger charge is 2.47. The maximum Gasteiger partial charge on any atom is 0.328 e. The van der Waals surface area contributed by atoms with Gasteiger partial charge in [-0.15, -0.1) is 0 Å². The summed E-state index contributed by atoms with van der Waals surface area (Å²) in [6.07, 6.45) is 2.00. The number of Topliss-reactive ketones (excluding diaryl/α,β-unsaturated/α-hetero) is 1. The molecule has 1 heterocycles. The first-order valence-electron chi connectivity index (χ1n) is 8.63. The van der Waals surface area contributed by atoms with Gasteiger partial charge in [-0.1, -0.05) is 30.3 Å². The molecular weight excluding hydrogens is 306 g/mol. The molecule has 1 aromatic carbocycles. The van der Waals surface area contributed by atoms with Crippen molar-refractivity contribution in [2.24, 2.45) is 11.8 Å². The highest BCUT2D eigenvalue weighted by atomic mass is 16.5. The number of benzene rings is 1. The molecule has 1 aliphatic carbocycles. The average Bonchev–Trinajstić information content (AvgIpc) is 2.58. The number of ketones is 1. The fraction of sp³-hybridized carbons (Fsp3) is 0.526. The smallest absolute Gasteiger partial charge is 0.328 e. The van der Waals surface area contributed by atoms with Crippen molar-refractivity contribution < 1.29 is 19.1 Å². The number of rotatable bonds is 4. The van der Waals surface area contributed by atoms with Gasteiger partial charge in [0.1, 0.15) is 11.8 Å². The summed E-state index contributed by atoms with van der Waals surface area (Å²) in [6.45, 7) is 2.45. The third-order valence-electron chi connectivity index (χ3n) is 5.05. The largest absolute Gasteiger partial charge is 0.464 e. The normalized spacial score (nSPS) is 26.9. The first-order chi connectivity index (χ1) is 11.6. The van der Waals surface area contributed by atoms with Gasteiger partial charge in [-0.2, -0.15) is 0 Å². The summed E-state index contributed by atoms with van der Waals surface area (Å²) < 4.78 is 5.19. The predicted molar refractivity (Wildman–Crippen MR) is 87.9 cm³/mol. The van der Waals surface area contributed by atoms with Gasteiger partial charge in [0.2, 0.25) is 5.91 Å². The second-order valence-corrected chi connectivity index (χ2v) is 6.60. The van der Waals surface area contributed by atoms with Gasteiger partial charge < -0.3 is 9.64 Å². The van der Waals surface area contributed by atoms with Crippen LogP contribution in [0.4, 0.5) is 0 Å². The molecule has 3 atom stereocenters. The van der Waals surface area contributed by atoms with E-state index in [4.69, 9.17) is 4.74 Å². The van der Waals surface area contributed by atoms with Crippen LogP contribution in [0.5, 0.6) is 0 Å². The first kappa shape index (κ1) is 16.7. The summed E-state index contributed by atoms with van der Waals surface area (Å²) in [7, 11) is 0. The number of hydrogen-bond donors (Lipinski definition) is 0. The van der Waals surface area contributed by atoms with E-state index in [0.717, 1.165) is 5.56 Å². The molecular formula is C19H23NO4. The van der Waals surface area contributed by atoms with Gasteiger partial charge >= 0.3 is 5.97 Å². The number of piperidine rings is 1. The van der Waals surface area contributed by atoms with Crippen molar-refractivity contribution >= 4 is 17.7 Å². The third-order valence-corrected chi connectivity index (χ3v) is 5.05. The van der Waals surface area contributed by atoms with E-state index in [-0.39, 0.29) is 36.1 Å². The molecule has 128 valence electrons. The molecule has 2 fully saturated rings. The van der Waals surface area contributed by atoms with Crippen LogP contribution in [0.15, 0.2) is 30.3 Å². The number of carbonyl (C=O) groups excluding carboxylic acids is 3. The number of fused-ring (bicyclic) bond motifs is 1. The summed E-state index contributed by atoms with van der Waals surface area (Å²) in [6, 6.07) is 9.08. The summed E-state index contributed by atoms with van der Waals surface area (Å²) in [5.41, 5.74) is 0.991. The zero-order valence-electron chi connectivity index (χ0n) is 13.9. The molecule has 24 heavy (non-hydrogen) atoms. The number of carbonyl (C=O) groups is 3. The lowest BCUT2D eigenvalue weighted by Gasteiger charge is -2.44. The quantitative estimate of drug-likeness (QED) is 0.795. The molecule has 1 aliphatic heterocycles. The molecule has 0 spiro atoms. The average molecular weight is 329 g/mol. The van der Waals surface area contributed by atoms with Crippen molar-refractivity contribution in [3.05, 3.63) is 35.9 Å². The number of esters is 1. The van der Waals surface area contributed by atoms with Crippen molar-refractivity contribution in [2.45, 2.75) is 45.2 Å². The molecule has 5 heteroatoms. The Balaban J connectivity index is 1.85. The highest BCUT2D eigenvalue weighted by Crippen LogP contribution is 2.39. The third kappa shape index (κ3) is 3.35. The van der Waals surface area contributed by atoms with Crippen LogP contribution in [-0.4, -0.2) is 35.2 Å². The standard InChI is InChI=1S/C19H23NO4/c1-2-24-19(23)17-11-14-10-15(21)8-9-16(14)18(22)20(17)12-13-6-4-3-5-7-13/h3-7,14,16-17H,2,8-12H2,1H3/t14-,16-,17+/m1/s1. The molecule has 0 radical (unpaired) electrons. The fourth-order valence-electron chi connectivity index (χ4n) is 3.87. The molecule has 2 aliphatic rings. The number of ether oxygens (including phenoxy) is 1. The van der Waals surface area contributed by atoms with Crippen LogP contribution in [0.2, 0.25) is 0 Å². The number of likely N-dealkylation sites (tertiary alicyclic amines) is 1. The Labute approximate surface area is 142 Å². The van der Waals surface area contributed by atoms with Crippen LogP contribution < -0.4 is 0 Å². The lowest BCUT2D eigenvalue weighted by Crippen LogP contribution is -2.55. The Morgan fingerprint density at radius 2 is 2.00 bits per heavy atom. The maximum absolute atomic E-state index is 13.0. The zero-order chi connectivity index (χ0) is 17.1. The Morgan fingerprint density at radius 3 is 2.71 bits per heavy atom. The Hall–Kier alpha value is -2.17. The van der Waals surface area contributed by atoms with Crippen LogP contribution in [-0.2, 0) is 25.7 Å². The minimum Gasteiger partial charge on any atom is -0.464 e. The minimum absolute atomic E-state index is 0.0133. The molecule has 1 aromatic rings. The van der Waals surface area contributed by atoms with Crippen LogP contribution in [0.25, 0.3) is 0 Å². The molecule has 0 aromatic heterocycles. The van der Waals surface area contributed by atoms with Gasteiger partial charge in [0, 0.05) is 25.3 Å². The van der Waals surface area contributed by atoms with E-state index < -0.39 is 6.04 Å². The fourth-order valence-corrected chi connectivity index (χ4v) is 3.87. The molecule has 0 bridgehead atoms. The van der Waals surface area contributed by atoms with Crippen molar-refractivity contribution in [3.8, 4) is 0 Å². The summed E-state index contributed by atoms with van der Waals surface area (Å²) >= 11 is 0. The van der Waals surface area contributed by atoms with Gasteiger partial charge in [-0.25, -0.2) is 4.79 Å². The van der Waals surface area contributed by atoms with Crippen LogP contribution in [0.1, 0.15) is 38.2 Å². The Kier molecular flexibility index (Phi) is 4.97.